The van der Waals surface area contributed by atoms with Crippen molar-refractivity contribution in [2.75, 3.05) is 32.5 Å². The van der Waals surface area contributed by atoms with Gasteiger partial charge in [-0.1, -0.05) is 0 Å². The molecule has 0 aromatic carbocycles. The third kappa shape index (κ3) is 3.59. The number of anilines is 1. The van der Waals surface area contributed by atoms with E-state index >= 15 is 0 Å². The van der Waals surface area contributed by atoms with Crippen molar-refractivity contribution in [1.29, 1.82) is 0 Å². The molecule has 1 saturated heterocycles. The van der Waals surface area contributed by atoms with Gasteiger partial charge in [-0.2, -0.15) is 0 Å². The summed E-state index contributed by atoms with van der Waals surface area (Å²) >= 11 is 0. The van der Waals surface area contributed by atoms with Crippen molar-refractivity contribution in [3.63, 3.8) is 0 Å². The average molecular weight is 262 g/mol. The van der Waals surface area contributed by atoms with Crippen LogP contribution in [0.4, 0.5) is 10.5 Å². The number of urea groups is 1. The number of hydrogen-bond donors (Lipinski definition) is 1. The Morgan fingerprint density at radius 1 is 1.37 bits per heavy atom. The van der Waals surface area contributed by atoms with Gasteiger partial charge in [-0.15, -0.1) is 0 Å². The number of nitrogens with zero attached hydrogens (tertiary/aromatic N) is 3. The maximum atomic E-state index is 11.8. The molecule has 5 nitrogen and oxygen atoms in total. The summed E-state index contributed by atoms with van der Waals surface area (Å²) in [6.07, 6.45) is 5.66. The molecule has 1 aromatic rings. The number of carbonyl (C=O) groups is 1. The van der Waals surface area contributed by atoms with Crippen molar-refractivity contribution >= 4 is 11.7 Å². The molecule has 1 aromatic heterocycles. The molecular formula is C14H22N4O. The van der Waals surface area contributed by atoms with Crippen LogP contribution in [-0.4, -0.2) is 54.0 Å². The second-order valence-corrected chi connectivity index (χ2v) is 5.33. The van der Waals surface area contributed by atoms with E-state index in [1.807, 2.05) is 24.2 Å². The molecule has 0 bridgehead atoms. The molecule has 0 unspecified atom stereocenters. The lowest BCUT2D eigenvalue weighted by Gasteiger charge is -2.34. The van der Waals surface area contributed by atoms with Crippen molar-refractivity contribution in [2.24, 2.45) is 0 Å². The van der Waals surface area contributed by atoms with Gasteiger partial charge in [-0.25, -0.2) is 4.79 Å². The molecular weight excluding hydrogens is 240 g/mol. The fraction of sp³-hybridized carbons (Fsp3) is 0.571. The van der Waals surface area contributed by atoms with Crippen LogP contribution in [0, 0.1) is 6.92 Å². The first-order valence-corrected chi connectivity index (χ1v) is 6.70. The van der Waals surface area contributed by atoms with Crippen molar-refractivity contribution in [2.45, 2.75) is 25.8 Å². The number of pyridine rings is 1. The van der Waals surface area contributed by atoms with Gasteiger partial charge < -0.3 is 15.1 Å². The van der Waals surface area contributed by atoms with Crippen LogP contribution in [0.15, 0.2) is 18.5 Å². The Morgan fingerprint density at radius 2 is 2.05 bits per heavy atom. The minimum absolute atomic E-state index is 0.107. The molecule has 0 atom stereocenters. The van der Waals surface area contributed by atoms with Gasteiger partial charge in [0.2, 0.25) is 0 Å². The SMILES string of the molecule is Cc1cncc(NC2CCN(C(=O)N(C)C)CC2)c1. The molecule has 0 aliphatic carbocycles. The summed E-state index contributed by atoms with van der Waals surface area (Å²) in [5.74, 6) is 0. The fourth-order valence-electron chi connectivity index (χ4n) is 2.37. The number of likely N-dealkylation sites (tertiary alicyclic amines) is 1. The topological polar surface area (TPSA) is 48.5 Å². The van der Waals surface area contributed by atoms with Crippen LogP contribution in [-0.2, 0) is 0 Å². The molecule has 0 saturated carbocycles. The van der Waals surface area contributed by atoms with Crippen molar-refractivity contribution < 1.29 is 4.79 Å². The summed E-state index contributed by atoms with van der Waals surface area (Å²) in [5, 5.41) is 3.50. The Labute approximate surface area is 114 Å². The summed E-state index contributed by atoms with van der Waals surface area (Å²) in [6, 6.07) is 2.63. The molecule has 2 amide bonds. The van der Waals surface area contributed by atoms with E-state index in [4.69, 9.17) is 0 Å². The molecule has 19 heavy (non-hydrogen) atoms. The second-order valence-electron chi connectivity index (χ2n) is 5.33. The normalized spacial score (nSPS) is 16.3. The van der Waals surface area contributed by atoms with Crippen molar-refractivity contribution in [3.8, 4) is 0 Å². The summed E-state index contributed by atoms with van der Waals surface area (Å²) in [6.45, 7) is 3.67. The minimum Gasteiger partial charge on any atom is -0.381 e. The zero-order valence-electron chi connectivity index (χ0n) is 11.9. The second kappa shape index (κ2) is 5.91. The Hall–Kier alpha value is -1.78. The number of rotatable bonds is 2. The molecule has 1 aliphatic heterocycles. The lowest BCUT2D eigenvalue weighted by molar-refractivity contribution is 0.158. The molecule has 1 aliphatic rings. The highest BCUT2D eigenvalue weighted by atomic mass is 16.2. The highest BCUT2D eigenvalue weighted by Crippen LogP contribution is 2.17. The van der Waals surface area contributed by atoms with Crippen LogP contribution in [0.3, 0.4) is 0 Å². The molecule has 5 heteroatoms. The van der Waals surface area contributed by atoms with Crippen molar-refractivity contribution in [3.05, 3.63) is 24.0 Å². The predicted molar refractivity (Wildman–Crippen MR) is 76.3 cm³/mol. The van der Waals surface area contributed by atoms with Crippen molar-refractivity contribution in [1.82, 2.24) is 14.8 Å². The monoisotopic (exact) mass is 262 g/mol. The molecule has 0 spiro atoms. The number of nitrogens with one attached hydrogen (secondary N) is 1. The zero-order valence-corrected chi connectivity index (χ0v) is 11.9. The Kier molecular flexibility index (Phi) is 4.24. The first-order valence-electron chi connectivity index (χ1n) is 6.70. The van der Waals surface area contributed by atoms with E-state index in [1.54, 1.807) is 19.0 Å². The van der Waals surface area contributed by atoms with Gasteiger partial charge in [0.1, 0.15) is 0 Å². The molecule has 2 rings (SSSR count). The molecule has 0 radical (unpaired) electrons. The van der Waals surface area contributed by atoms with Gasteiger partial charge in [-0.05, 0) is 31.4 Å². The quantitative estimate of drug-likeness (QED) is 0.886. The predicted octanol–water partition coefficient (Wildman–Crippen LogP) is 1.95. The smallest absolute Gasteiger partial charge is 0.319 e. The number of aryl methyl sites for hydroxylation is 1. The fourth-order valence-corrected chi connectivity index (χ4v) is 2.37. The van der Waals surface area contributed by atoms with Gasteiger partial charge in [0.25, 0.3) is 0 Å². The van der Waals surface area contributed by atoms with Crippen LogP contribution < -0.4 is 5.32 Å². The highest BCUT2D eigenvalue weighted by molar-refractivity contribution is 5.73. The standard InChI is InChI=1S/C14H22N4O/c1-11-8-13(10-15-9-11)16-12-4-6-18(7-5-12)14(19)17(2)3/h8-10,12,16H,4-7H2,1-3H3. The van der Waals surface area contributed by atoms with E-state index in [2.05, 4.69) is 16.4 Å². The largest absolute Gasteiger partial charge is 0.381 e. The number of amides is 2. The third-order valence-corrected chi connectivity index (χ3v) is 3.39. The Bertz CT molecular complexity index is 439. The Morgan fingerprint density at radius 3 is 2.63 bits per heavy atom. The lowest BCUT2D eigenvalue weighted by Crippen LogP contribution is -2.46. The van der Waals surface area contributed by atoms with Gasteiger partial charge >= 0.3 is 6.03 Å². The first-order chi connectivity index (χ1) is 9.06. The van der Waals surface area contributed by atoms with Gasteiger partial charge in [-0.3, -0.25) is 4.98 Å². The summed E-state index contributed by atoms with van der Waals surface area (Å²) in [5.41, 5.74) is 2.22. The highest BCUT2D eigenvalue weighted by Gasteiger charge is 2.23. The molecule has 1 fully saturated rings. The lowest BCUT2D eigenvalue weighted by atomic mass is 10.0. The number of piperidine rings is 1. The number of aromatic nitrogens is 1. The van der Waals surface area contributed by atoms with E-state index in [0.29, 0.717) is 6.04 Å². The zero-order chi connectivity index (χ0) is 13.8. The number of hydrogen-bond acceptors (Lipinski definition) is 3. The van der Waals surface area contributed by atoms with Gasteiger partial charge in [0.15, 0.2) is 0 Å². The summed E-state index contributed by atoms with van der Waals surface area (Å²) in [7, 11) is 3.59. The number of carbonyl (C=O) groups excluding carboxylic acids is 1. The van der Waals surface area contributed by atoms with E-state index in [1.165, 1.54) is 0 Å². The summed E-state index contributed by atoms with van der Waals surface area (Å²) < 4.78 is 0. The Balaban J connectivity index is 1.85. The van der Waals surface area contributed by atoms with Gasteiger partial charge in [0, 0.05) is 45.6 Å². The van der Waals surface area contributed by atoms with Crippen LogP contribution in [0.5, 0.6) is 0 Å². The third-order valence-electron chi connectivity index (χ3n) is 3.39. The van der Waals surface area contributed by atoms with Crippen LogP contribution in [0.2, 0.25) is 0 Å². The van der Waals surface area contributed by atoms with Crippen LogP contribution >= 0.6 is 0 Å². The van der Waals surface area contributed by atoms with Crippen LogP contribution in [0.1, 0.15) is 18.4 Å². The average Bonchev–Trinajstić information content (AvgIpc) is 2.39. The first kappa shape index (κ1) is 13.6. The van der Waals surface area contributed by atoms with E-state index in [9.17, 15) is 4.79 Å². The molecule has 1 N–H and O–H groups in total. The molecule has 104 valence electrons. The molecule has 2 heterocycles. The maximum Gasteiger partial charge on any atom is 0.319 e. The van der Waals surface area contributed by atoms with Crippen LogP contribution in [0.25, 0.3) is 0 Å². The van der Waals surface area contributed by atoms with Gasteiger partial charge in [0.05, 0.1) is 5.69 Å². The summed E-state index contributed by atoms with van der Waals surface area (Å²) in [4.78, 5) is 19.6. The minimum atomic E-state index is 0.107. The van der Waals surface area contributed by atoms with E-state index in [0.717, 1.165) is 37.2 Å². The van der Waals surface area contributed by atoms with E-state index < -0.39 is 0 Å². The van der Waals surface area contributed by atoms with E-state index in [-0.39, 0.29) is 6.03 Å². The maximum absolute atomic E-state index is 11.8.